The van der Waals surface area contributed by atoms with Crippen LogP contribution in [0.3, 0.4) is 0 Å². The molecule has 1 amide bonds. The van der Waals surface area contributed by atoms with Gasteiger partial charge in [-0.2, -0.15) is 0 Å². The van der Waals surface area contributed by atoms with E-state index in [9.17, 15) is 4.79 Å². The van der Waals surface area contributed by atoms with Crippen molar-refractivity contribution < 1.29 is 9.90 Å². The summed E-state index contributed by atoms with van der Waals surface area (Å²) >= 11 is 6.01. The Labute approximate surface area is 106 Å². The molecule has 92 valence electrons. The Hall–Kier alpha value is -1.06. The van der Waals surface area contributed by atoms with Gasteiger partial charge in [-0.15, -0.1) is 0 Å². The summed E-state index contributed by atoms with van der Waals surface area (Å²) in [6.45, 7) is 1.68. The summed E-state index contributed by atoms with van der Waals surface area (Å²) in [5.41, 5.74) is 0.568. The number of hydrogen-bond donors (Lipinski definition) is 1. The highest BCUT2D eigenvalue weighted by Crippen LogP contribution is 2.23. The van der Waals surface area contributed by atoms with Crippen molar-refractivity contribution in [1.82, 2.24) is 4.90 Å². The molecule has 17 heavy (non-hydrogen) atoms. The van der Waals surface area contributed by atoms with Gasteiger partial charge in [-0.05, 0) is 30.9 Å². The van der Waals surface area contributed by atoms with Crippen LogP contribution in [0.5, 0.6) is 0 Å². The van der Waals surface area contributed by atoms with Crippen LogP contribution in [0.15, 0.2) is 24.3 Å². The second kappa shape index (κ2) is 5.52. The standard InChI is InChI=1S/C13H16ClNO2/c14-12-4-2-1-3-11(12)13(17)15-7-5-10(9-15)6-8-16/h1-4,10,16H,5-9H2. The van der Waals surface area contributed by atoms with Crippen LogP contribution >= 0.6 is 11.6 Å². The Morgan fingerprint density at radius 2 is 2.24 bits per heavy atom. The molecular formula is C13H16ClNO2. The highest BCUT2D eigenvalue weighted by Gasteiger charge is 2.27. The molecule has 0 aromatic heterocycles. The van der Waals surface area contributed by atoms with Crippen molar-refractivity contribution in [3.8, 4) is 0 Å². The molecular weight excluding hydrogens is 238 g/mol. The zero-order valence-electron chi connectivity index (χ0n) is 9.60. The number of likely N-dealkylation sites (tertiary alicyclic amines) is 1. The number of nitrogens with zero attached hydrogens (tertiary/aromatic N) is 1. The minimum absolute atomic E-state index is 0.00367. The predicted octanol–water partition coefficient (Wildman–Crippen LogP) is 2.18. The largest absolute Gasteiger partial charge is 0.396 e. The molecule has 4 heteroatoms. The minimum Gasteiger partial charge on any atom is -0.396 e. The maximum Gasteiger partial charge on any atom is 0.255 e. The third kappa shape index (κ3) is 2.79. The van der Waals surface area contributed by atoms with E-state index in [1.54, 1.807) is 12.1 Å². The van der Waals surface area contributed by atoms with E-state index < -0.39 is 0 Å². The van der Waals surface area contributed by atoms with Crippen molar-refractivity contribution in [2.45, 2.75) is 12.8 Å². The van der Waals surface area contributed by atoms with Crippen molar-refractivity contribution in [3.63, 3.8) is 0 Å². The lowest BCUT2D eigenvalue weighted by atomic mass is 10.1. The monoisotopic (exact) mass is 253 g/mol. The van der Waals surface area contributed by atoms with Gasteiger partial charge in [0.25, 0.3) is 5.91 Å². The fourth-order valence-corrected chi connectivity index (χ4v) is 2.46. The zero-order valence-corrected chi connectivity index (χ0v) is 10.4. The topological polar surface area (TPSA) is 40.5 Å². The first kappa shape index (κ1) is 12.4. The average molecular weight is 254 g/mol. The number of halogens is 1. The van der Waals surface area contributed by atoms with Crippen LogP contribution in [0, 0.1) is 5.92 Å². The van der Waals surface area contributed by atoms with E-state index in [0.717, 1.165) is 25.9 Å². The van der Waals surface area contributed by atoms with Crippen LogP contribution in [0.4, 0.5) is 0 Å². The van der Waals surface area contributed by atoms with Crippen molar-refractivity contribution in [2.24, 2.45) is 5.92 Å². The summed E-state index contributed by atoms with van der Waals surface area (Å²) in [6, 6.07) is 7.12. The SMILES string of the molecule is O=C(c1ccccc1Cl)N1CCC(CCO)C1. The smallest absolute Gasteiger partial charge is 0.255 e. The van der Waals surface area contributed by atoms with E-state index >= 15 is 0 Å². The van der Waals surface area contributed by atoms with Gasteiger partial charge in [0.2, 0.25) is 0 Å². The maximum absolute atomic E-state index is 12.2. The van der Waals surface area contributed by atoms with Crippen molar-refractivity contribution in [2.75, 3.05) is 19.7 Å². The molecule has 1 aromatic rings. The van der Waals surface area contributed by atoms with Crippen LogP contribution in [-0.4, -0.2) is 35.6 Å². The van der Waals surface area contributed by atoms with Gasteiger partial charge in [0, 0.05) is 19.7 Å². The first-order chi connectivity index (χ1) is 8.22. The second-order valence-electron chi connectivity index (χ2n) is 4.40. The Kier molecular flexibility index (Phi) is 4.02. The first-order valence-electron chi connectivity index (χ1n) is 5.87. The molecule has 3 nitrogen and oxygen atoms in total. The summed E-state index contributed by atoms with van der Waals surface area (Å²) in [5.74, 6) is 0.419. The third-order valence-corrected chi connectivity index (χ3v) is 3.54. The van der Waals surface area contributed by atoms with Crippen molar-refractivity contribution in [3.05, 3.63) is 34.9 Å². The molecule has 0 spiro atoms. The quantitative estimate of drug-likeness (QED) is 0.897. The number of benzene rings is 1. The summed E-state index contributed by atoms with van der Waals surface area (Å²) in [7, 11) is 0. The van der Waals surface area contributed by atoms with Gasteiger partial charge < -0.3 is 10.0 Å². The predicted molar refractivity (Wildman–Crippen MR) is 67.2 cm³/mol. The Morgan fingerprint density at radius 3 is 2.94 bits per heavy atom. The van der Waals surface area contributed by atoms with Gasteiger partial charge in [0.1, 0.15) is 0 Å². The lowest BCUT2D eigenvalue weighted by molar-refractivity contribution is 0.0785. The second-order valence-corrected chi connectivity index (χ2v) is 4.81. The number of carbonyl (C=O) groups is 1. The maximum atomic E-state index is 12.2. The Balaban J connectivity index is 2.05. The number of hydrogen-bond acceptors (Lipinski definition) is 2. The van der Waals surface area contributed by atoms with Crippen molar-refractivity contribution in [1.29, 1.82) is 0 Å². The van der Waals surface area contributed by atoms with Gasteiger partial charge in [-0.3, -0.25) is 4.79 Å². The van der Waals surface area contributed by atoms with Crippen molar-refractivity contribution >= 4 is 17.5 Å². The molecule has 1 fully saturated rings. The van der Waals surface area contributed by atoms with E-state index in [-0.39, 0.29) is 12.5 Å². The van der Waals surface area contributed by atoms with Crippen LogP contribution in [-0.2, 0) is 0 Å². The van der Waals surface area contributed by atoms with Crippen LogP contribution in [0.2, 0.25) is 5.02 Å². The minimum atomic E-state index is -0.00367. The van der Waals surface area contributed by atoms with E-state index in [0.29, 0.717) is 16.5 Å². The molecule has 1 unspecified atom stereocenters. The molecule has 0 radical (unpaired) electrons. The van der Waals surface area contributed by atoms with Gasteiger partial charge in [0.15, 0.2) is 0 Å². The average Bonchev–Trinajstić information content (AvgIpc) is 2.78. The number of amides is 1. The lowest BCUT2D eigenvalue weighted by Gasteiger charge is -2.17. The molecule has 1 atom stereocenters. The Bertz CT molecular complexity index is 408. The fourth-order valence-electron chi connectivity index (χ4n) is 2.24. The summed E-state index contributed by atoms with van der Waals surface area (Å²) < 4.78 is 0. The third-order valence-electron chi connectivity index (χ3n) is 3.21. The molecule has 1 heterocycles. The molecule has 1 aliphatic rings. The normalized spacial score (nSPS) is 19.6. The molecule has 1 N–H and O–H groups in total. The zero-order chi connectivity index (χ0) is 12.3. The Morgan fingerprint density at radius 1 is 1.47 bits per heavy atom. The molecule has 1 aliphatic heterocycles. The van der Waals surface area contributed by atoms with Gasteiger partial charge in [-0.25, -0.2) is 0 Å². The van der Waals surface area contributed by atoms with Gasteiger partial charge >= 0.3 is 0 Å². The van der Waals surface area contributed by atoms with Gasteiger partial charge in [-0.1, -0.05) is 23.7 Å². The highest BCUT2D eigenvalue weighted by atomic mass is 35.5. The van der Waals surface area contributed by atoms with Crippen LogP contribution in [0.25, 0.3) is 0 Å². The first-order valence-corrected chi connectivity index (χ1v) is 6.25. The molecule has 1 aromatic carbocycles. The van der Waals surface area contributed by atoms with E-state index in [1.807, 2.05) is 17.0 Å². The highest BCUT2D eigenvalue weighted by molar-refractivity contribution is 6.33. The number of aliphatic hydroxyl groups excluding tert-OH is 1. The summed E-state index contributed by atoms with van der Waals surface area (Å²) in [5, 5.41) is 9.39. The number of carbonyl (C=O) groups excluding carboxylic acids is 1. The molecule has 0 aliphatic carbocycles. The lowest BCUT2D eigenvalue weighted by Crippen LogP contribution is -2.29. The van der Waals surface area contributed by atoms with Crippen LogP contribution < -0.4 is 0 Å². The molecule has 0 saturated carbocycles. The van der Waals surface area contributed by atoms with E-state index in [1.165, 1.54) is 0 Å². The molecule has 0 bridgehead atoms. The fraction of sp³-hybridized carbons (Fsp3) is 0.462. The summed E-state index contributed by atoms with van der Waals surface area (Å²) in [6.07, 6.45) is 1.74. The van der Waals surface area contributed by atoms with Gasteiger partial charge in [0.05, 0.1) is 10.6 Å². The van der Waals surface area contributed by atoms with E-state index in [2.05, 4.69) is 0 Å². The number of aliphatic hydroxyl groups is 1. The molecule has 1 saturated heterocycles. The number of rotatable bonds is 3. The summed E-state index contributed by atoms with van der Waals surface area (Å²) in [4.78, 5) is 14.0. The van der Waals surface area contributed by atoms with Crippen LogP contribution in [0.1, 0.15) is 23.2 Å². The van der Waals surface area contributed by atoms with E-state index in [4.69, 9.17) is 16.7 Å². The molecule has 2 rings (SSSR count).